The highest BCUT2D eigenvalue weighted by Crippen LogP contribution is 2.37. The number of amides is 2. The zero-order valence-corrected chi connectivity index (χ0v) is 12.6. The van der Waals surface area contributed by atoms with Gasteiger partial charge in [0.2, 0.25) is 11.8 Å². The summed E-state index contributed by atoms with van der Waals surface area (Å²) < 4.78 is 1.72. The highest BCUT2D eigenvalue weighted by atomic mass is 16.2. The Balaban J connectivity index is 1.83. The monoisotopic (exact) mass is 290 g/mol. The summed E-state index contributed by atoms with van der Waals surface area (Å²) in [6, 6.07) is -0.667. The van der Waals surface area contributed by atoms with Crippen molar-refractivity contribution in [3.8, 4) is 0 Å². The average Bonchev–Trinajstić information content (AvgIpc) is 3.18. The highest BCUT2D eigenvalue weighted by molar-refractivity contribution is 5.97. The molecule has 1 aliphatic heterocycles. The summed E-state index contributed by atoms with van der Waals surface area (Å²) in [5.74, 6) is 0.393. The van der Waals surface area contributed by atoms with E-state index < -0.39 is 0 Å². The molecule has 0 radical (unpaired) electrons. The third-order valence-corrected chi connectivity index (χ3v) is 4.26. The topological polar surface area (TPSA) is 67.2 Å². The number of nitrogens with one attached hydrogen (secondary N) is 1. The molecule has 1 aromatic rings. The van der Waals surface area contributed by atoms with Crippen LogP contribution in [0.1, 0.15) is 38.2 Å². The predicted molar refractivity (Wildman–Crippen MR) is 77.1 cm³/mol. The third kappa shape index (κ3) is 2.80. The Morgan fingerprint density at radius 1 is 1.38 bits per heavy atom. The Morgan fingerprint density at radius 2 is 2.14 bits per heavy atom. The van der Waals surface area contributed by atoms with Crippen molar-refractivity contribution in [1.29, 1.82) is 0 Å². The molecule has 2 fully saturated rings. The summed E-state index contributed by atoms with van der Waals surface area (Å²) in [4.78, 5) is 26.9. The standard InChI is InChI=1S/C15H22N4O2/c1-3-4-12-15(21)19(9-10-7-16-18(2)8-10)13(11-5-6-11)14(20)17-12/h7-8,11-13H,3-6,9H2,1-2H3,(H,17,20). The molecule has 6 heteroatoms. The molecule has 1 saturated carbocycles. The number of aromatic nitrogens is 2. The maximum Gasteiger partial charge on any atom is 0.246 e. The lowest BCUT2D eigenvalue weighted by Crippen LogP contribution is -2.63. The molecular formula is C15H22N4O2. The van der Waals surface area contributed by atoms with E-state index in [9.17, 15) is 9.59 Å². The molecule has 3 rings (SSSR count). The minimum atomic E-state index is -0.367. The third-order valence-electron chi connectivity index (χ3n) is 4.26. The fourth-order valence-electron chi connectivity index (χ4n) is 3.09. The molecule has 2 amide bonds. The Hall–Kier alpha value is -1.85. The number of hydrogen-bond donors (Lipinski definition) is 1. The summed E-state index contributed by atoms with van der Waals surface area (Å²) in [5, 5.41) is 7.05. The van der Waals surface area contributed by atoms with E-state index in [2.05, 4.69) is 10.4 Å². The number of hydrogen-bond acceptors (Lipinski definition) is 3. The lowest BCUT2D eigenvalue weighted by Gasteiger charge is -2.39. The summed E-state index contributed by atoms with van der Waals surface area (Å²) in [6.07, 6.45) is 7.31. The number of aryl methyl sites for hydroxylation is 1. The summed E-state index contributed by atoms with van der Waals surface area (Å²) >= 11 is 0. The average molecular weight is 290 g/mol. The molecule has 2 heterocycles. The smallest absolute Gasteiger partial charge is 0.246 e. The molecule has 6 nitrogen and oxygen atoms in total. The van der Waals surface area contributed by atoms with Crippen molar-refractivity contribution in [1.82, 2.24) is 20.0 Å². The van der Waals surface area contributed by atoms with Crippen LogP contribution in [0.2, 0.25) is 0 Å². The Labute approximate surface area is 124 Å². The van der Waals surface area contributed by atoms with Crippen LogP contribution >= 0.6 is 0 Å². The SMILES string of the molecule is CCCC1NC(=O)C(C2CC2)N(Cc2cnn(C)c2)C1=O. The molecule has 1 saturated heterocycles. The van der Waals surface area contributed by atoms with Crippen LogP contribution in [0.4, 0.5) is 0 Å². The molecule has 1 N–H and O–H groups in total. The van der Waals surface area contributed by atoms with Gasteiger partial charge in [-0.25, -0.2) is 0 Å². The molecule has 0 bridgehead atoms. The van der Waals surface area contributed by atoms with E-state index in [1.165, 1.54) is 0 Å². The van der Waals surface area contributed by atoms with Crippen LogP contribution in [0.25, 0.3) is 0 Å². The van der Waals surface area contributed by atoms with E-state index >= 15 is 0 Å². The fraction of sp³-hybridized carbons (Fsp3) is 0.667. The van der Waals surface area contributed by atoms with Crippen molar-refractivity contribution in [3.63, 3.8) is 0 Å². The van der Waals surface area contributed by atoms with Gasteiger partial charge in [-0.2, -0.15) is 5.10 Å². The van der Waals surface area contributed by atoms with Gasteiger partial charge < -0.3 is 10.2 Å². The van der Waals surface area contributed by atoms with Crippen molar-refractivity contribution in [2.45, 2.75) is 51.2 Å². The first-order valence-corrected chi connectivity index (χ1v) is 7.68. The molecule has 0 aromatic carbocycles. The molecule has 114 valence electrons. The Bertz CT molecular complexity index is 550. The minimum absolute atomic E-state index is 0.0134. The van der Waals surface area contributed by atoms with E-state index in [0.29, 0.717) is 18.9 Å². The van der Waals surface area contributed by atoms with Gasteiger partial charge in [-0.1, -0.05) is 13.3 Å². The van der Waals surface area contributed by atoms with E-state index in [1.54, 1.807) is 15.8 Å². The lowest BCUT2D eigenvalue weighted by molar-refractivity contribution is -0.151. The number of nitrogens with zero attached hydrogens (tertiary/aromatic N) is 3. The summed E-state index contributed by atoms with van der Waals surface area (Å²) in [5.41, 5.74) is 0.974. The minimum Gasteiger partial charge on any atom is -0.342 e. The van der Waals surface area contributed by atoms with Crippen LogP contribution in [-0.2, 0) is 23.2 Å². The Morgan fingerprint density at radius 3 is 2.71 bits per heavy atom. The van der Waals surface area contributed by atoms with Crippen LogP contribution in [0, 0.1) is 5.92 Å². The molecule has 2 unspecified atom stereocenters. The Kier molecular flexibility index (Phi) is 3.69. The van der Waals surface area contributed by atoms with Crippen molar-refractivity contribution in [3.05, 3.63) is 18.0 Å². The lowest BCUT2D eigenvalue weighted by atomic mass is 10.00. The van der Waals surface area contributed by atoms with Gasteiger partial charge in [-0.05, 0) is 25.2 Å². The maximum atomic E-state index is 12.7. The number of carbonyl (C=O) groups excluding carboxylic acids is 2. The van der Waals surface area contributed by atoms with Crippen LogP contribution in [-0.4, -0.2) is 38.6 Å². The van der Waals surface area contributed by atoms with Crippen LogP contribution in [0.5, 0.6) is 0 Å². The molecule has 21 heavy (non-hydrogen) atoms. The van der Waals surface area contributed by atoms with Gasteiger partial charge in [-0.15, -0.1) is 0 Å². The van der Waals surface area contributed by atoms with E-state index in [4.69, 9.17) is 0 Å². The fourth-order valence-corrected chi connectivity index (χ4v) is 3.09. The second kappa shape index (κ2) is 5.50. The highest BCUT2D eigenvalue weighted by Gasteiger charge is 2.47. The first-order chi connectivity index (χ1) is 10.1. The van der Waals surface area contributed by atoms with Crippen molar-refractivity contribution < 1.29 is 9.59 Å². The molecule has 1 aromatic heterocycles. The number of piperazine rings is 1. The van der Waals surface area contributed by atoms with Gasteiger partial charge in [0.25, 0.3) is 0 Å². The largest absolute Gasteiger partial charge is 0.342 e. The molecule has 1 aliphatic carbocycles. The normalized spacial score (nSPS) is 26.1. The molecule has 2 aliphatic rings. The van der Waals surface area contributed by atoms with Gasteiger partial charge in [0.1, 0.15) is 12.1 Å². The molecular weight excluding hydrogens is 268 g/mol. The summed E-state index contributed by atoms with van der Waals surface area (Å²) in [7, 11) is 1.85. The second-order valence-corrected chi connectivity index (χ2v) is 6.12. The van der Waals surface area contributed by atoms with Gasteiger partial charge in [0.15, 0.2) is 0 Å². The van der Waals surface area contributed by atoms with Crippen molar-refractivity contribution in [2.75, 3.05) is 0 Å². The van der Waals surface area contributed by atoms with Crippen molar-refractivity contribution >= 4 is 11.8 Å². The van der Waals surface area contributed by atoms with Gasteiger partial charge in [0, 0.05) is 25.4 Å². The maximum absolute atomic E-state index is 12.7. The van der Waals surface area contributed by atoms with Crippen LogP contribution in [0.15, 0.2) is 12.4 Å². The molecule has 2 atom stereocenters. The zero-order valence-electron chi connectivity index (χ0n) is 12.6. The molecule has 0 spiro atoms. The number of rotatable bonds is 5. The van der Waals surface area contributed by atoms with Crippen LogP contribution < -0.4 is 5.32 Å². The first-order valence-electron chi connectivity index (χ1n) is 7.68. The predicted octanol–water partition coefficient (Wildman–Crippen LogP) is 0.826. The first kappa shape index (κ1) is 14.1. The van der Waals surface area contributed by atoms with E-state index in [0.717, 1.165) is 24.8 Å². The zero-order chi connectivity index (χ0) is 15.0. The van der Waals surface area contributed by atoms with Crippen LogP contribution in [0.3, 0.4) is 0 Å². The van der Waals surface area contributed by atoms with E-state index in [-0.39, 0.29) is 23.9 Å². The second-order valence-electron chi connectivity index (χ2n) is 6.12. The quantitative estimate of drug-likeness (QED) is 0.873. The van der Waals surface area contributed by atoms with Gasteiger partial charge in [-0.3, -0.25) is 14.3 Å². The van der Waals surface area contributed by atoms with Gasteiger partial charge >= 0.3 is 0 Å². The number of carbonyl (C=O) groups is 2. The van der Waals surface area contributed by atoms with E-state index in [1.807, 2.05) is 20.2 Å². The van der Waals surface area contributed by atoms with Gasteiger partial charge in [0.05, 0.1) is 6.20 Å². The summed E-state index contributed by atoms with van der Waals surface area (Å²) in [6.45, 7) is 2.50. The van der Waals surface area contributed by atoms with Crippen molar-refractivity contribution in [2.24, 2.45) is 13.0 Å².